The van der Waals surface area contributed by atoms with Crippen molar-refractivity contribution in [2.75, 3.05) is 33.3 Å². The van der Waals surface area contributed by atoms with Crippen molar-refractivity contribution in [3.05, 3.63) is 65.4 Å². The van der Waals surface area contributed by atoms with Gasteiger partial charge >= 0.3 is 0 Å². The van der Waals surface area contributed by atoms with E-state index in [0.717, 1.165) is 17.7 Å². The zero-order chi connectivity index (χ0) is 19.9. The Labute approximate surface area is 166 Å². The summed E-state index contributed by atoms with van der Waals surface area (Å²) in [6.45, 7) is 6.38. The highest BCUT2D eigenvalue weighted by Gasteiger charge is 2.08. The lowest BCUT2D eigenvalue weighted by molar-refractivity contribution is -0.121. The molecule has 0 saturated carbocycles. The number of nitrogens with zero attached hydrogens (tertiary/aromatic N) is 1. The fourth-order valence-corrected chi connectivity index (χ4v) is 3.39. The quantitative estimate of drug-likeness (QED) is 0.599. The molecular weight excluding hydrogens is 350 g/mol. The minimum Gasteiger partial charge on any atom is -0.492 e. The molecule has 5 heteroatoms. The van der Waals surface area contributed by atoms with Crippen molar-refractivity contribution >= 4 is 16.8 Å². The maximum Gasteiger partial charge on any atom is 0.234 e. The van der Waals surface area contributed by atoms with E-state index in [2.05, 4.69) is 42.3 Å². The van der Waals surface area contributed by atoms with Crippen LogP contribution >= 0.6 is 0 Å². The number of rotatable bonds is 9. The highest BCUT2D eigenvalue weighted by atomic mass is 16.5. The molecule has 148 valence electrons. The highest BCUT2D eigenvalue weighted by Crippen LogP contribution is 2.18. The van der Waals surface area contributed by atoms with Crippen molar-refractivity contribution in [1.29, 1.82) is 0 Å². The molecule has 5 nitrogen and oxygen atoms in total. The van der Waals surface area contributed by atoms with Gasteiger partial charge in [-0.15, -0.1) is 0 Å². The number of hydrogen-bond acceptors (Lipinski definition) is 3. The van der Waals surface area contributed by atoms with Crippen LogP contribution in [0.1, 0.15) is 16.7 Å². The molecule has 3 aromatic rings. The minimum absolute atomic E-state index is 0.0359. The van der Waals surface area contributed by atoms with Crippen LogP contribution in [0.25, 0.3) is 10.9 Å². The number of carbonyl (C=O) groups is 1. The number of nitrogens with one attached hydrogen (secondary N) is 2. The zero-order valence-electron chi connectivity index (χ0n) is 16.9. The van der Waals surface area contributed by atoms with Crippen LogP contribution in [0.3, 0.4) is 0 Å². The largest absolute Gasteiger partial charge is 0.492 e. The first-order chi connectivity index (χ1) is 13.5. The molecule has 0 bridgehead atoms. The summed E-state index contributed by atoms with van der Waals surface area (Å²) < 4.78 is 5.81. The number of fused-ring (bicyclic) bond motifs is 1. The summed E-state index contributed by atoms with van der Waals surface area (Å²) in [4.78, 5) is 17.4. The molecule has 0 atom stereocenters. The number of hydrogen-bond donors (Lipinski definition) is 2. The number of aromatic nitrogens is 1. The van der Waals surface area contributed by atoms with E-state index in [1.807, 2.05) is 42.4 Å². The molecule has 1 amide bonds. The first-order valence-corrected chi connectivity index (χ1v) is 9.72. The van der Waals surface area contributed by atoms with Gasteiger partial charge in [-0.2, -0.15) is 0 Å². The number of ether oxygens (including phenoxy) is 1. The van der Waals surface area contributed by atoms with Crippen LogP contribution in [0.15, 0.2) is 48.7 Å². The monoisotopic (exact) mass is 379 g/mol. The predicted molar refractivity (Wildman–Crippen MR) is 114 cm³/mol. The standard InChI is InChI=1S/C23H29N3O2/c1-17-12-18(2)14-20(13-17)28-11-10-26(3)16-23(27)24-9-8-19-15-25-22-7-5-4-6-21(19)22/h4-7,12-15,25H,8-11,16H2,1-3H3,(H,24,27). The second-order valence-electron chi connectivity index (χ2n) is 7.37. The average Bonchev–Trinajstić information content (AvgIpc) is 3.04. The lowest BCUT2D eigenvalue weighted by Crippen LogP contribution is -2.37. The summed E-state index contributed by atoms with van der Waals surface area (Å²) in [7, 11) is 1.93. The Morgan fingerprint density at radius 2 is 1.89 bits per heavy atom. The smallest absolute Gasteiger partial charge is 0.234 e. The van der Waals surface area contributed by atoms with Gasteiger partial charge in [0.2, 0.25) is 5.91 Å². The third-order valence-corrected chi connectivity index (χ3v) is 4.74. The molecule has 0 unspecified atom stereocenters. The summed E-state index contributed by atoms with van der Waals surface area (Å²) >= 11 is 0. The van der Waals surface area contributed by atoms with Crippen molar-refractivity contribution in [3.8, 4) is 5.75 Å². The van der Waals surface area contributed by atoms with Gasteiger partial charge in [-0.1, -0.05) is 24.3 Å². The van der Waals surface area contributed by atoms with E-state index in [1.54, 1.807) is 0 Å². The van der Waals surface area contributed by atoms with Crippen molar-refractivity contribution in [3.63, 3.8) is 0 Å². The zero-order valence-corrected chi connectivity index (χ0v) is 16.9. The fourth-order valence-electron chi connectivity index (χ4n) is 3.39. The Kier molecular flexibility index (Phi) is 6.71. The molecule has 0 fully saturated rings. The van der Waals surface area contributed by atoms with E-state index in [9.17, 15) is 4.79 Å². The number of H-pyrrole nitrogens is 1. The SMILES string of the molecule is Cc1cc(C)cc(OCCN(C)CC(=O)NCCc2c[nH]c3ccccc23)c1. The second-order valence-corrected chi connectivity index (χ2v) is 7.37. The molecular formula is C23H29N3O2. The van der Waals surface area contributed by atoms with E-state index >= 15 is 0 Å². The van der Waals surface area contributed by atoms with Crippen LogP contribution in [0, 0.1) is 13.8 Å². The molecule has 28 heavy (non-hydrogen) atoms. The third kappa shape index (κ3) is 5.60. The minimum atomic E-state index is 0.0359. The van der Waals surface area contributed by atoms with Crippen LogP contribution in [0.5, 0.6) is 5.75 Å². The summed E-state index contributed by atoms with van der Waals surface area (Å²) in [5, 5.41) is 4.22. The van der Waals surface area contributed by atoms with Crippen molar-refractivity contribution in [2.45, 2.75) is 20.3 Å². The molecule has 0 radical (unpaired) electrons. The first kappa shape index (κ1) is 20.0. The second kappa shape index (κ2) is 9.42. The van der Waals surface area contributed by atoms with Crippen LogP contribution in [0.4, 0.5) is 0 Å². The van der Waals surface area contributed by atoms with Crippen molar-refractivity contribution < 1.29 is 9.53 Å². The lowest BCUT2D eigenvalue weighted by atomic mass is 10.1. The van der Waals surface area contributed by atoms with Gasteiger partial charge in [0.1, 0.15) is 12.4 Å². The van der Waals surface area contributed by atoms with Gasteiger partial charge in [0, 0.05) is 30.2 Å². The van der Waals surface area contributed by atoms with Gasteiger partial charge in [-0.05, 0) is 62.2 Å². The number of carbonyl (C=O) groups excluding carboxylic acids is 1. The summed E-state index contributed by atoms with van der Waals surface area (Å²) in [5.74, 6) is 0.919. The highest BCUT2D eigenvalue weighted by molar-refractivity contribution is 5.83. The Bertz CT molecular complexity index is 912. The van der Waals surface area contributed by atoms with Crippen LogP contribution in [-0.2, 0) is 11.2 Å². The van der Waals surface area contributed by atoms with Crippen LogP contribution < -0.4 is 10.1 Å². The normalized spacial score (nSPS) is 11.1. The summed E-state index contributed by atoms with van der Waals surface area (Å²) in [6.07, 6.45) is 2.84. The Morgan fingerprint density at radius 1 is 1.14 bits per heavy atom. The molecule has 3 rings (SSSR count). The van der Waals surface area contributed by atoms with Crippen molar-refractivity contribution in [1.82, 2.24) is 15.2 Å². The van der Waals surface area contributed by atoms with Crippen molar-refractivity contribution in [2.24, 2.45) is 0 Å². The molecule has 0 aliphatic carbocycles. The maximum absolute atomic E-state index is 12.2. The molecule has 1 aromatic heterocycles. The summed E-state index contributed by atoms with van der Waals surface area (Å²) in [6, 6.07) is 14.4. The molecule has 2 aromatic carbocycles. The lowest BCUT2D eigenvalue weighted by Gasteiger charge is -2.17. The Hall–Kier alpha value is -2.79. The van der Waals surface area contributed by atoms with E-state index in [1.165, 1.54) is 22.1 Å². The molecule has 0 spiro atoms. The topological polar surface area (TPSA) is 57.4 Å². The van der Waals surface area contributed by atoms with Gasteiger partial charge in [0.15, 0.2) is 0 Å². The number of benzene rings is 2. The van der Waals surface area contributed by atoms with E-state index < -0.39 is 0 Å². The van der Waals surface area contributed by atoms with E-state index in [4.69, 9.17) is 4.74 Å². The summed E-state index contributed by atoms with van der Waals surface area (Å²) in [5.41, 5.74) is 4.74. The van der Waals surface area contributed by atoms with Crippen LogP contribution in [-0.4, -0.2) is 49.1 Å². The predicted octanol–water partition coefficient (Wildman–Crippen LogP) is 3.45. The Balaban J connectivity index is 1.36. The van der Waals surface area contributed by atoms with Gasteiger partial charge < -0.3 is 15.0 Å². The van der Waals surface area contributed by atoms with E-state index in [-0.39, 0.29) is 5.91 Å². The van der Waals surface area contributed by atoms with E-state index in [0.29, 0.717) is 26.2 Å². The van der Waals surface area contributed by atoms with Gasteiger partial charge in [0.25, 0.3) is 0 Å². The number of para-hydroxylation sites is 1. The Morgan fingerprint density at radius 3 is 2.68 bits per heavy atom. The number of amides is 1. The fraction of sp³-hybridized carbons (Fsp3) is 0.348. The van der Waals surface area contributed by atoms with Crippen LogP contribution in [0.2, 0.25) is 0 Å². The number of likely N-dealkylation sites (N-methyl/N-ethyl adjacent to an activating group) is 1. The van der Waals surface area contributed by atoms with Gasteiger partial charge in [-0.25, -0.2) is 0 Å². The maximum atomic E-state index is 12.2. The third-order valence-electron chi connectivity index (χ3n) is 4.74. The molecule has 0 saturated heterocycles. The molecule has 2 N–H and O–H groups in total. The number of aryl methyl sites for hydroxylation is 2. The van der Waals surface area contributed by atoms with Gasteiger partial charge in [0.05, 0.1) is 6.54 Å². The molecule has 1 heterocycles. The number of aromatic amines is 1. The molecule has 0 aliphatic rings. The first-order valence-electron chi connectivity index (χ1n) is 9.72. The average molecular weight is 380 g/mol. The van der Waals surface area contributed by atoms with Gasteiger partial charge in [-0.3, -0.25) is 9.69 Å². The molecule has 0 aliphatic heterocycles.